The van der Waals surface area contributed by atoms with Gasteiger partial charge in [-0.1, -0.05) is 115 Å². The molecule has 0 saturated heterocycles. The third-order valence-corrected chi connectivity index (χ3v) is 9.70. The van der Waals surface area contributed by atoms with Crippen LogP contribution in [0.2, 0.25) is 0 Å². The van der Waals surface area contributed by atoms with E-state index in [0.717, 1.165) is 28.1 Å². The lowest BCUT2D eigenvalue weighted by atomic mass is 10.0. The Morgan fingerprint density at radius 3 is 1.65 bits per heavy atom. The van der Waals surface area contributed by atoms with Gasteiger partial charge >= 0.3 is 0 Å². The molecule has 3 heterocycles. The zero-order valence-electron chi connectivity index (χ0n) is 26.1. The molecule has 48 heavy (non-hydrogen) atoms. The lowest BCUT2D eigenvalue weighted by Crippen LogP contribution is -1.98. The molecule has 0 unspecified atom stereocenters. The standard InChI is InChI=1S/C45H29N3/c1-2-12-31(13-3-1)40-17-10-20-45(46-40)48-42-19-9-7-16-37(42)39-29-34(23-26-44(39)48)33-22-25-43-38(28-33)36-15-6-8-18-41(36)47(43)35-24-21-30-11-4-5-14-32(30)27-35/h1-29H. The Labute approximate surface area is 277 Å². The van der Waals surface area contributed by atoms with Crippen LogP contribution >= 0.6 is 0 Å². The van der Waals surface area contributed by atoms with Crippen molar-refractivity contribution in [2.75, 3.05) is 0 Å². The summed E-state index contributed by atoms with van der Waals surface area (Å²) >= 11 is 0. The van der Waals surface area contributed by atoms with Crippen molar-refractivity contribution in [1.82, 2.24) is 14.1 Å². The first-order valence-corrected chi connectivity index (χ1v) is 16.4. The summed E-state index contributed by atoms with van der Waals surface area (Å²) in [4.78, 5) is 5.13. The van der Waals surface area contributed by atoms with E-state index in [2.05, 4.69) is 179 Å². The van der Waals surface area contributed by atoms with Crippen LogP contribution in [0, 0.1) is 0 Å². The molecule has 3 aromatic heterocycles. The number of hydrogen-bond donors (Lipinski definition) is 0. The molecule has 0 amide bonds. The van der Waals surface area contributed by atoms with Gasteiger partial charge in [0, 0.05) is 32.8 Å². The van der Waals surface area contributed by atoms with E-state index >= 15 is 0 Å². The summed E-state index contributed by atoms with van der Waals surface area (Å²) in [6.07, 6.45) is 0. The first-order valence-electron chi connectivity index (χ1n) is 16.4. The number of para-hydroxylation sites is 2. The average molecular weight is 612 g/mol. The summed E-state index contributed by atoms with van der Waals surface area (Å²) in [5, 5.41) is 7.43. The van der Waals surface area contributed by atoms with Crippen molar-refractivity contribution in [3.63, 3.8) is 0 Å². The molecule has 0 aliphatic carbocycles. The smallest absolute Gasteiger partial charge is 0.138 e. The second kappa shape index (κ2) is 10.5. The van der Waals surface area contributed by atoms with Gasteiger partial charge in [0.15, 0.2) is 0 Å². The van der Waals surface area contributed by atoms with E-state index in [-0.39, 0.29) is 0 Å². The van der Waals surface area contributed by atoms with Gasteiger partial charge in [0.05, 0.1) is 27.8 Å². The van der Waals surface area contributed by atoms with Crippen molar-refractivity contribution < 1.29 is 0 Å². The molecule has 10 rings (SSSR count). The van der Waals surface area contributed by atoms with Gasteiger partial charge in [-0.3, -0.25) is 4.57 Å². The Kier molecular flexibility index (Phi) is 5.87. The lowest BCUT2D eigenvalue weighted by molar-refractivity contribution is 1.08. The lowest BCUT2D eigenvalue weighted by Gasteiger charge is -2.10. The molecular weight excluding hydrogens is 583 g/mol. The van der Waals surface area contributed by atoms with Gasteiger partial charge in [-0.05, 0) is 82.6 Å². The van der Waals surface area contributed by atoms with Crippen LogP contribution < -0.4 is 0 Å². The van der Waals surface area contributed by atoms with Crippen LogP contribution in [0.15, 0.2) is 176 Å². The van der Waals surface area contributed by atoms with Gasteiger partial charge in [0.2, 0.25) is 0 Å². The minimum Gasteiger partial charge on any atom is -0.309 e. The molecule has 0 saturated carbocycles. The molecule has 0 spiro atoms. The van der Waals surface area contributed by atoms with E-state index in [4.69, 9.17) is 4.98 Å². The van der Waals surface area contributed by atoms with Crippen LogP contribution in [0.5, 0.6) is 0 Å². The maximum absolute atomic E-state index is 5.13. The van der Waals surface area contributed by atoms with E-state index in [9.17, 15) is 0 Å². The summed E-state index contributed by atoms with van der Waals surface area (Å²) in [6, 6.07) is 63.1. The Bertz CT molecular complexity index is 2840. The van der Waals surface area contributed by atoms with Crippen LogP contribution in [0.4, 0.5) is 0 Å². The highest BCUT2D eigenvalue weighted by molar-refractivity contribution is 6.12. The molecular formula is C45H29N3. The van der Waals surface area contributed by atoms with Crippen molar-refractivity contribution in [3.05, 3.63) is 176 Å². The molecule has 0 atom stereocenters. The Morgan fingerprint density at radius 1 is 0.333 bits per heavy atom. The maximum Gasteiger partial charge on any atom is 0.138 e. The summed E-state index contributed by atoms with van der Waals surface area (Å²) in [7, 11) is 0. The Morgan fingerprint density at radius 2 is 0.917 bits per heavy atom. The summed E-state index contributed by atoms with van der Waals surface area (Å²) in [5.41, 5.74) is 10.4. The van der Waals surface area contributed by atoms with Crippen LogP contribution in [0.1, 0.15) is 0 Å². The number of pyridine rings is 1. The van der Waals surface area contributed by atoms with Gasteiger partial charge in [0.25, 0.3) is 0 Å². The van der Waals surface area contributed by atoms with Crippen LogP contribution in [-0.4, -0.2) is 14.1 Å². The van der Waals surface area contributed by atoms with Gasteiger partial charge in [0.1, 0.15) is 5.82 Å². The van der Waals surface area contributed by atoms with Crippen LogP contribution in [0.3, 0.4) is 0 Å². The fraction of sp³-hybridized carbons (Fsp3) is 0. The number of fused-ring (bicyclic) bond motifs is 7. The van der Waals surface area contributed by atoms with Crippen molar-refractivity contribution in [2.24, 2.45) is 0 Å². The average Bonchev–Trinajstić information content (AvgIpc) is 3.67. The minimum atomic E-state index is 0.915. The number of rotatable bonds is 4. The topological polar surface area (TPSA) is 22.8 Å². The normalized spacial score (nSPS) is 11.8. The van der Waals surface area contributed by atoms with Gasteiger partial charge in [-0.2, -0.15) is 0 Å². The van der Waals surface area contributed by atoms with Crippen LogP contribution in [-0.2, 0) is 0 Å². The maximum atomic E-state index is 5.13. The number of nitrogens with zero attached hydrogens (tertiary/aromatic N) is 3. The van der Waals surface area contributed by atoms with E-state index in [1.807, 2.05) is 6.07 Å². The Hall–Kier alpha value is -6.45. The van der Waals surface area contributed by atoms with E-state index in [1.54, 1.807) is 0 Å². The van der Waals surface area contributed by atoms with Crippen LogP contribution in [0.25, 0.3) is 88.3 Å². The highest BCUT2D eigenvalue weighted by Gasteiger charge is 2.17. The quantitative estimate of drug-likeness (QED) is 0.194. The first-order chi connectivity index (χ1) is 23.8. The molecule has 224 valence electrons. The predicted octanol–water partition coefficient (Wildman–Crippen LogP) is 11.8. The summed E-state index contributed by atoms with van der Waals surface area (Å²) in [6.45, 7) is 0. The molecule has 0 aliphatic heterocycles. The molecule has 0 N–H and O–H groups in total. The van der Waals surface area contributed by atoms with Crippen molar-refractivity contribution in [3.8, 4) is 33.9 Å². The fourth-order valence-electron chi connectivity index (χ4n) is 7.46. The van der Waals surface area contributed by atoms with Gasteiger partial charge in [-0.25, -0.2) is 4.98 Å². The fourth-order valence-corrected chi connectivity index (χ4v) is 7.46. The number of benzene rings is 7. The molecule has 0 fully saturated rings. The second-order valence-electron chi connectivity index (χ2n) is 12.4. The minimum absolute atomic E-state index is 0.915. The molecule has 7 aromatic carbocycles. The SMILES string of the molecule is c1ccc(-c2cccc(-n3c4ccccc4c4cc(-c5ccc6c(c5)c5ccccc5n6-c5ccc6ccccc6c5)ccc43)n2)cc1. The zero-order valence-corrected chi connectivity index (χ0v) is 26.1. The largest absolute Gasteiger partial charge is 0.309 e. The molecule has 0 bridgehead atoms. The number of aromatic nitrogens is 3. The van der Waals surface area contributed by atoms with E-state index in [1.165, 1.54) is 60.2 Å². The summed E-state index contributed by atoms with van der Waals surface area (Å²) < 4.78 is 4.69. The van der Waals surface area contributed by atoms with Gasteiger partial charge < -0.3 is 4.57 Å². The zero-order chi connectivity index (χ0) is 31.6. The van der Waals surface area contributed by atoms with Gasteiger partial charge in [-0.15, -0.1) is 0 Å². The molecule has 0 aliphatic rings. The third-order valence-electron chi connectivity index (χ3n) is 9.70. The second-order valence-corrected chi connectivity index (χ2v) is 12.4. The van der Waals surface area contributed by atoms with Crippen molar-refractivity contribution in [2.45, 2.75) is 0 Å². The summed E-state index contributed by atoms with van der Waals surface area (Å²) in [5.74, 6) is 0.915. The molecule has 3 heteroatoms. The third kappa shape index (κ3) is 4.11. The van der Waals surface area contributed by atoms with Crippen molar-refractivity contribution >= 4 is 54.4 Å². The predicted molar refractivity (Wildman–Crippen MR) is 201 cm³/mol. The molecule has 10 aromatic rings. The molecule has 0 radical (unpaired) electrons. The highest BCUT2D eigenvalue weighted by atomic mass is 15.1. The highest BCUT2D eigenvalue weighted by Crippen LogP contribution is 2.38. The van der Waals surface area contributed by atoms with Crippen molar-refractivity contribution in [1.29, 1.82) is 0 Å². The number of hydrogen-bond acceptors (Lipinski definition) is 1. The molecule has 3 nitrogen and oxygen atoms in total. The monoisotopic (exact) mass is 611 g/mol. The first kappa shape index (κ1) is 26.7. The van der Waals surface area contributed by atoms with E-state index < -0.39 is 0 Å². The van der Waals surface area contributed by atoms with E-state index in [0.29, 0.717) is 0 Å². The Balaban J connectivity index is 1.14.